The topological polar surface area (TPSA) is 36.7 Å². The van der Waals surface area contributed by atoms with Gasteiger partial charge in [-0.1, -0.05) is 11.6 Å². The summed E-state index contributed by atoms with van der Waals surface area (Å²) in [6, 6.07) is 1.80. The highest BCUT2D eigenvalue weighted by Crippen LogP contribution is 2.30. The SMILES string of the molecule is N#CCc1c(C(F)F)cnc(I)c1Cl. The summed E-state index contributed by atoms with van der Waals surface area (Å²) < 4.78 is 25.3. The average Bonchev–Trinajstić information content (AvgIpc) is 2.13. The summed E-state index contributed by atoms with van der Waals surface area (Å²) in [7, 11) is 0. The lowest BCUT2D eigenvalue weighted by atomic mass is 10.1. The van der Waals surface area contributed by atoms with Gasteiger partial charge in [-0.15, -0.1) is 0 Å². The molecule has 0 saturated carbocycles. The van der Waals surface area contributed by atoms with Crippen LogP contribution in [-0.4, -0.2) is 4.98 Å². The van der Waals surface area contributed by atoms with Gasteiger partial charge in [-0.25, -0.2) is 13.8 Å². The Bertz CT molecular complexity index is 390. The van der Waals surface area contributed by atoms with Crippen LogP contribution in [0.1, 0.15) is 17.6 Å². The van der Waals surface area contributed by atoms with E-state index in [-0.39, 0.29) is 22.6 Å². The maximum atomic E-state index is 12.5. The third-order valence-corrected chi connectivity index (χ3v) is 3.15. The van der Waals surface area contributed by atoms with Crippen molar-refractivity contribution in [2.75, 3.05) is 0 Å². The zero-order chi connectivity index (χ0) is 10.7. The van der Waals surface area contributed by atoms with Gasteiger partial charge in [-0.2, -0.15) is 5.26 Å². The lowest BCUT2D eigenvalue weighted by molar-refractivity contribution is 0.150. The molecule has 0 radical (unpaired) electrons. The molecular formula is C8H4ClF2IN2. The maximum Gasteiger partial charge on any atom is 0.265 e. The molecule has 0 aliphatic heterocycles. The number of nitrogens with zero attached hydrogens (tertiary/aromatic N) is 2. The average molecular weight is 328 g/mol. The summed E-state index contributed by atoms with van der Waals surface area (Å²) in [5.41, 5.74) is -0.0967. The van der Waals surface area contributed by atoms with Gasteiger partial charge in [-0.05, 0) is 28.2 Å². The Morgan fingerprint density at radius 3 is 2.79 bits per heavy atom. The van der Waals surface area contributed by atoms with Crippen molar-refractivity contribution in [3.05, 3.63) is 26.0 Å². The van der Waals surface area contributed by atoms with Crippen molar-refractivity contribution in [1.82, 2.24) is 4.98 Å². The van der Waals surface area contributed by atoms with Crippen molar-refractivity contribution in [2.24, 2.45) is 0 Å². The third-order valence-electron chi connectivity index (χ3n) is 1.60. The minimum absolute atomic E-state index is 0.128. The van der Waals surface area contributed by atoms with Gasteiger partial charge < -0.3 is 0 Å². The molecular weight excluding hydrogens is 324 g/mol. The van der Waals surface area contributed by atoms with E-state index in [1.807, 2.05) is 22.6 Å². The summed E-state index contributed by atoms with van der Waals surface area (Å²) in [6.07, 6.45) is -1.72. The number of alkyl halides is 2. The number of rotatable bonds is 2. The van der Waals surface area contributed by atoms with Crippen LogP contribution in [0, 0.1) is 15.0 Å². The van der Waals surface area contributed by atoms with Gasteiger partial charge in [0.05, 0.1) is 17.5 Å². The molecule has 14 heavy (non-hydrogen) atoms. The van der Waals surface area contributed by atoms with Gasteiger partial charge in [0.25, 0.3) is 6.43 Å². The molecule has 1 rings (SSSR count). The maximum absolute atomic E-state index is 12.5. The first-order valence-corrected chi connectivity index (χ1v) is 5.01. The van der Waals surface area contributed by atoms with Crippen molar-refractivity contribution in [3.8, 4) is 6.07 Å². The molecule has 0 N–H and O–H groups in total. The second-order valence-corrected chi connectivity index (χ2v) is 3.83. The van der Waals surface area contributed by atoms with E-state index in [1.54, 1.807) is 6.07 Å². The van der Waals surface area contributed by atoms with Crippen molar-refractivity contribution in [1.29, 1.82) is 5.26 Å². The Kier molecular flexibility index (Phi) is 4.01. The van der Waals surface area contributed by atoms with Crippen LogP contribution in [0.2, 0.25) is 5.02 Å². The number of halogens is 4. The van der Waals surface area contributed by atoms with Gasteiger partial charge in [-0.3, -0.25) is 0 Å². The lowest BCUT2D eigenvalue weighted by Gasteiger charge is -2.08. The summed E-state index contributed by atoms with van der Waals surface area (Å²) in [5, 5.41) is 8.61. The van der Waals surface area contributed by atoms with Gasteiger partial charge in [0.2, 0.25) is 0 Å². The van der Waals surface area contributed by atoms with E-state index in [0.717, 1.165) is 6.20 Å². The molecule has 2 nitrogen and oxygen atoms in total. The van der Waals surface area contributed by atoms with E-state index >= 15 is 0 Å². The summed E-state index contributed by atoms with van der Waals surface area (Å²) >= 11 is 7.60. The minimum atomic E-state index is -2.65. The Morgan fingerprint density at radius 1 is 1.64 bits per heavy atom. The van der Waals surface area contributed by atoms with Crippen molar-refractivity contribution in [3.63, 3.8) is 0 Å². The fraction of sp³-hybridized carbons (Fsp3) is 0.250. The summed E-state index contributed by atoms with van der Waals surface area (Å²) in [4.78, 5) is 3.71. The minimum Gasteiger partial charge on any atom is -0.248 e. The number of hydrogen-bond donors (Lipinski definition) is 0. The van der Waals surface area contributed by atoms with Gasteiger partial charge >= 0.3 is 0 Å². The molecule has 0 fully saturated rings. The second kappa shape index (κ2) is 4.84. The lowest BCUT2D eigenvalue weighted by Crippen LogP contribution is -1.99. The fourth-order valence-corrected chi connectivity index (χ4v) is 1.65. The van der Waals surface area contributed by atoms with Crippen LogP contribution >= 0.6 is 34.2 Å². The van der Waals surface area contributed by atoms with Gasteiger partial charge in [0.1, 0.15) is 3.70 Å². The van der Waals surface area contributed by atoms with Gasteiger partial charge in [0, 0.05) is 11.8 Å². The van der Waals surface area contributed by atoms with Crippen LogP contribution < -0.4 is 0 Å². The number of hydrogen-bond acceptors (Lipinski definition) is 2. The molecule has 0 unspecified atom stereocenters. The first-order chi connectivity index (χ1) is 6.57. The Hall–Kier alpha value is -0.480. The molecule has 0 aliphatic carbocycles. The summed E-state index contributed by atoms with van der Waals surface area (Å²) in [6.45, 7) is 0. The number of pyridine rings is 1. The van der Waals surface area contributed by atoms with E-state index in [4.69, 9.17) is 16.9 Å². The van der Waals surface area contributed by atoms with Crippen molar-refractivity contribution in [2.45, 2.75) is 12.8 Å². The first kappa shape index (κ1) is 11.6. The zero-order valence-corrected chi connectivity index (χ0v) is 9.68. The van der Waals surface area contributed by atoms with Crippen LogP contribution in [0.25, 0.3) is 0 Å². The van der Waals surface area contributed by atoms with E-state index in [0.29, 0.717) is 3.70 Å². The van der Waals surface area contributed by atoms with Crippen LogP contribution in [0.4, 0.5) is 8.78 Å². The molecule has 0 bridgehead atoms. The van der Waals surface area contributed by atoms with Crippen LogP contribution in [0.15, 0.2) is 6.20 Å². The normalized spacial score (nSPS) is 10.3. The third kappa shape index (κ3) is 2.30. The van der Waals surface area contributed by atoms with E-state index in [2.05, 4.69) is 4.98 Å². The number of nitriles is 1. The molecule has 1 aromatic heterocycles. The van der Waals surface area contributed by atoms with Gasteiger partial charge in [0.15, 0.2) is 0 Å². The highest BCUT2D eigenvalue weighted by Gasteiger charge is 2.18. The van der Waals surface area contributed by atoms with Crippen LogP contribution in [0.3, 0.4) is 0 Å². The Morgan fingerprint density at radius 2 is 2.29 bits per heavy atom. The Balaban J connectivity index is 3.31. The number of aromatic nitrogens is 1. The van der Waals surface area contributed by atoms with E-state index in [9.17, 15) is 8.78 Å². The predicted molar refractivity (Wildman–Crippen MR) is 56.2 cm³/mol. The molecule has 1 heterocycles. The van der Waals surface area contributed by atoms with Crippen LogP contribution in [0.5, 0.6) is 0 Å². The molecule has 6 heteroatoms. The van der Waals surface area contributed by atoms with E-state index < -0.39 is 6.43 Å². The quantitative estimate of drug-likeness (QED) is 0.617. The first-order valence-electron chi connectivity index (χ1n) is 3.55. The molecule has 0 amide bonds. The van der Waals surface area contributed by atoms with Crippen molar-refractivity contribution >= 4 is 34.2 Å². The monoisotopic (exact) mass is 328 g/mol. The molecule has 0 spiro atoms. The van der Waals surface area contributed by atoms with E-state index in [1.165, 1.54) is 0 Å². The molecule has 1 aromatic rings. The zero-order valence-electron chi connectivity index (χ0n) is 6.77. The van der Waals surface area contributed by atoms with Crippen LogP contribution in [-0.2, 0) is 6.42 Å². The molecule has 0 atom stereocenters. The second-order valence-electron chi connectivity index (χ2n) is 2.43. The fourth-order valence-electron chi connectivity index (χ4n) is 0.959. The summed E-state index contributed by atoms with van der Waals surface area (Å²) in [5.74, 6) is 0. The molecule has 0 aromatic carbocycles. The molecule has 0 aliphatic rings. The predicted octanol–water partition coefficient (Wildman–Crippen LogP) is 3.34. The highest BCUT2D eigenvalue weighted by molar-refractivity contribution is 14.1. The smallest absolute Gasteiger partial charge is 0.248 e. The largest absolute Gasteiger partial charge is 0.265 e. The standard InChI is InChI=1S/C8H4ClF2IN2/c9-6-4(1-2-13)5(7(10)11)3-14-8(6)12/h3,7H,1H2. The van der Waals surface area contributed by atoms with Crippen molar-refractivity contribution < 1.29 is 8.78 Å². The highest BCUT2D eigenvalue weighted by atomic mass is 127. The molecule has 74 valence electrons. The Labute approximate surface area is 98.0 Å². The molecule has 0 saturated heterocycles.